The maximum atomic E-state index is 13.5. The molecule has 1 aliphatic heterocycles. The topological polar surface area (TPSA) is 79.8 Å². The zero-order valence-electron chi connectivity index (χ0n) is 15.5. The quantitative estimate of drug-likeness (QED) is 0.466. The van der Waals surface area contributed by atoms with Crippen molar-refractivity contribution in [2.24, 2.45) is 0 Å². The Hall–Kier alpha value is -3.13. The number of rotatable bonds is 3. The first-order chi connectivity index (χ1) is 13.8. The van der Waals surface area contributed by atoms with Gasteiger partial charge in [0.15, 0.2) is 5.76 Å². The van der Waals surface area contributed by atoms with Crippen LogP contribution in [0.3, 0.4) is 0 Å². The first-order valence-electron chi connectivity index (χ1n) is 9.02. The average Bonchev–Trinajstić information content (AvgIpc) is 3.03. The molecule has 1 fully saturated rings. The molecule has 0 radical (unpaired) electrons. The van der Waals surface area contributed by atoms with Crippen LogP contribution in [0.1, 0.15) is 16.1 Å². The number of hydrogen-bond acceptors (Lipinski definition) is 5. The van der Waals surface area contributed by atoms with Crippen molar-refractivity contribution in [3.05, 3.63) is 68.7 Å². The minimum atomic E-state index is -0.463. The molecule has 2 heterocycles. The van der Waals surface area contributed by atoms with Crippen LogP contribution in [-0.2, 0) is 0 Å². The summed E-state index contributed by atoms with van der Waals surface area (Å²) in [4.78, 5) is 27.3. The molecular formula is C20H17ClFN3O4. The van der Waals surface area contributed by atoms with Crippen LogP contribution in [0.5, 0.6) is 0 Å². The van der Waals surface area contributed by atoms with Gasteiger partial charge >= 0.3 is 0 Å². The highest BCUT2D eigenvalue weighted by molar-refractivity contribution is 6.30. The van der Waals surface area contributed by atoms with Gasteiger partial charge in [0.25, 0.3) is 11.6 Å². The van der Waals surface area contributed by atoms with Crippen LogP contribution in [-0.4, -0.2) is 41.9 Å². The summed E-state index contributed by atoms with van der Waals surface area (Å²) >= 11 is 5.88. The Morgan fingerprint density at radius 1 is 1.17 bits per heavy atom. The number of benzene rings is 2. The van der Waals surface area contributed by atoms with E-state index in [0.29, 0.717) is 53.4 Å². The first-order valence-corrected chi connectivity index (χ1v) is 9.40. The van der Waals surface area contributed by atoms with E-state index >= 15 is 0 Å². The van der Waals surface area contributed by atoms with Gasteiger partial charge in [0, 0.05) is 48.2 Å². The number of aryl methyl sites for hydroxylation is 1. The lowest BCUT2D eigenvalue weighted by atomic mass is 10.1. The Morgan fingerprint density at radius 2 is 1.90 bits per heavy atom. The molecule has 7 nitrogen and oxygen atoms in total. The van der Waals surface area contributed by atoms with E-state index in [4.69, 9.17) is 16.0 Å². The summed E-state index contributed by atoms with van der Waals surface area (Å²) in [7, 11) is 0. The van der Waals surface area contributed by atoms with Crippen LogP contribution >= 0.6 is 11.6 Å². The summed E-state index contributed by atoms with van der Waals surface area (Å²) in [6.45, 7) is 3.35. The molecule has 0 aliphatic carbocycles. The number of amides is 1. The number of furan rings is 1. The molecule has 0 saturated carbocycles. The van der Waals surface area contributed by atoms with Crippen molar-refractivity contribution in [1.82, 2.24) is 4.90 Å². The molecule has 0 unspecified atom stereocenters. The Balaban J connectivity index is 1.53. The van der Waals surface area contributed by atoms with Gasteiger partial charge in [0.05, 0.1) is 4.92 Å². The molecule has 0 N–H and O–H groups in total. The third kappa shape index (κ3) is 3.51. The largest absolute Gasteiger partial charge is 0.451 e. The maximum Gasteiger partial charge on any atom is 0.294 e. The van der Waals surface area contributed by atoms with Crippen molar-refractivity contribution in [2.75, 3.05) is 31.1 Å². The Kier molecular flexibility index (Phi) is 4.87. The smallest absolute Gasteiger partial charge is 0.294 e. The van der Waals surface area contributed by atoms with E-state index in [1.54, 1.807) is 24.0 Å². The summed E-state index contributed by atoms with van der Waals surface area (Å²) in [6.07, 6.45) is 0. The molecule has 29 heavy (non-hydrogen) atoms. The van der Waals surface area contributed by atoms with Crippen molar-refractivity contribution in [1.29, 1.82) is 0 Å². The zero-order chi connectivity index (χ0) is 20.7. The van der Waals surface area contributed by atoms with Crippen molar-refractivity contribution in [3.8, 4) is 0 Å². The Morgan fingerprint density at radius 3 is 2.59 bits per heavy atom. The van der Waals surface area contributed by atoms with Gasteiger partial charge in [-0.05, 0) is 37.3 Å². The van der Waals surface area contributed by atoms with Crippen molar-refractivity contribution in [2.45, 2.75) is 6.92 Å². The number of nitro benzene ring substituents is 1. The van der Waals surface area contributed by atoms with Gasteiger partial charge in [0.1, 0.15) is 17.1 Å². The number of nitrogens with zero attached hydrogens (tertiary/aromatic N) is 3. The molecule has 0 bridgehead atoms. The normalized spacial score (nSPS) is 14.4. The monoisotopic (exact) mass is 417 g/mol. The lowest BCUT2D eigenvalue weighted by Gasteiger charge is -2.35. The lowest BCUT2D eigenvalue weighted by molar-refractivity contribution is -0.384. The average molecular weight is 418 g/mol. The van der Waals surface area contributed by atoms with Gasteiger partial charge in [0.2, 0.25) is 0 Å². The lowest BCUT2D eigenvalue weighted by Crippen LogP contribution is -2.49. The SMILES string of the molecule is Cc1c(C(=O)N2CCN(c3ccc(Cl)cc3[N+](=O)[O-])CC2)oc2ccc(F)cc12. The molecule has 0 spiro atoms. The van der Waals surface area contributed by atoms with Crippen molar-refractivity contribution >= 4 is 39.9 Å². The van der Waals surface area contributed by atoms with Gasteiger partial charge in [-0.15, -0.1) is 0 Å². The van der Waals surface area contributed by atoms with Crippen LogP contribution in [0.4, 0.5) is 15.8 Å². The fraction of sp³-hybridized carbons (Fsp3) is 0.250. The number of carbonyl (C=O) groups is 1. The van der Waals surface area contributed by atoms with Gasteiger partial charge in [-0.2, -0.15) is 0 Å². The van der Waals surface area contributed by atoms with E-state index < -0.39 is 10.7 Å². The summed E-state index contributed by atoms with van der Waals surface area (Å²) in [5.41, 5.74) is 1.47. The highest BCUT2D eigenvalue weighted by Gasteiger charge is 2.29. The predicted molar refractivity (Wildman–Crippen MR) is 107 cm³/mol. The highest BCUT2D eigenvalue weighted by atomic mass is 35.5. The van der Waals surface area contributed by atoms with E-state index in [0.717, 1.165) is 0 Å². The fourth-order valence-electron chi connectivity index (χ4n) is 3.60. The van der Waals surface area contributed by atoms with Crippen LogP contribution in [0.2, 0.25) is 5.02 Å². The van der Waals surface area contributed by atoms with E-state index in [-0.39, 0.29) is 17.4 Å². The van der Waals surface area contributed by atoms with E-state index in [2.05, 4.69) is 0 Å². The maximum absolute atomic E-state index is 13.5. The number of nitro groups is 1. The minimum Gasteiger partial charge on any atom is -0.451 e. The molecule has 1 aromatic heterocycles. The van der Waals surface area contributed by atoms with Crippen molar-refractivity contribution in [3.63, 3.8) is 0 Å². The number of piperazine rings is 1. The summed E-state index contributed by atoms with van der Waals surface area (Å²) in [5.74, 6) is -0.473. The van der Waals surface area contributed by atoms with Crippen LogP contribution in [0.25, 0.3) is 11.0 Å². The molecule has 1 aliphatic rings. The van der Waals surface area contributed by atoms with Crippen LogP contribution in [0, 0.1) is 22.9 Å². The summed E-state index contributed by atoms with van der Waals surface area (Å²) < 4.78 is 19.2. The first kappa shape index (κ1) is 19.2. The van der Waals surface area contributed by atoms with Gasteiger partial charge < -0.3 is 14.2 Å². The number of halogens is 2. The summed E-state index contributed by atoms with van der Waals surface area (Å²) in [5, 5.41) is 12.2. The minimum absolute atomic E-state index is 0.0626. The molecule has 2 aromatic carbocycles. The summed E-state index contributed by atoms with van der Waals surface area (Å²) in [6, 6.07) is 8.70. The van der Waals surface area contributed by atoms with E-state index in [1.807, 2.05) is 4.90 Å². The zero-order valence-corrected chi connectivity index (χ0v) is 16.3. The Labute approximate surface area is 170 Å². The number of hydrogen-bond donors (Lipinski definition) is 0. The van der Waals surface area contributed by atoms with E-state index in [9.17, 15) is 19.3 Å². The van der Waals surface area contributed by atoms with Crippen molar-refractivity contribution < 1.29 is 18.5 Å². The van der Waals surface area contributed by atoms with Gasteiger partial charge in [-0.1, -0.05) is 11.6 Å². The van der Waals surface area contributed by atoms with E-state index in [1.165, 1.54) is 24.3 Å². The standard InChI is InChI=1S/C20H17ClFN3O4/c1-12-15-11-14(22)3-5-18(15)29-19(12)20(26)24-8-6-23(7-9-24)16-4-2-13(21)10-17(16)25(27)28/h2-5,10-11H,6-9H2,1H3. The molecule has 1 amide bonds. The van der Waals surface area contributed by atoms with Gasteiger partial charge in [-0.25, -0.2) is 4.39 Å². The number of carbonyl (C=O) groups excluding carboxylic acids is 1. The third-order valence-electron chi connectivity index (χ3n) is 5.13. The molecule has 150 valence electrons. The number of anilines is 1. The molecular weight excluding hydrogens is 401 g/mol. The van der Waals surface area contributed by atoms with Crippen LogP contribution < -0.4 is 4.90 Å². The molecule has 4 rings (SSSR count). The molecule has 1 saturated heterocycles. The van der Waals surface area contributed by atoms with Crippen LogP contribution in [0.15, 0.2) is 40.8 Å². The second-order valence-electron chi connectivity index (χ2n) is 6.87. The number of fused-ring (bicyclic) bond motifs is 1. The second kappa shape index (κ2) is 7.36. The Bertz CT molecular complexity index is 1120. The molecule has 3 aromatic rings. The third-order valence-corrected chi connectivity index (χ3v) is 5.37. The second-order valence-corrected chi connectivity index (χ2v) is 7.30. The fourth-order valence-corrected chi connectivity index (χ4v) is 3.77. The molecule has 9 heteroatoms. The van der Waals surface area contributed by atoms with Gasteiger partial charge in [-0.3, -0.25) is 14.9 Å². The molecule has 0 atom stereocenters. The highest BCUT2D eigenvalue weighted by Crippen LogP contribution is 2.32. The predicted octanol–water partition coefficient (Wildman–Crippen LogP) is 4.40.